The van der Waals surface area contributed by atoms with Crippen LogP contribution in [-0.4, -0.2) is 149 Å². The first kappa shape index (κ1) is 138. The number of unbranched alkanes of at least 4 members (excludes halogenated alkanes) is 30. The van der Waals surface area contributed by atoms with Gasteiger partial charge in [-0.15, -0.1) is 0 Å². The molecule has 0 saturated carbocycles. The molecule has 0 rings (SSSR count). The van der Waals surface area contributed by atoms with Crippen molar-refractivity contribution in [3.05, 3.63) is 219 Å². The fourth-order valence-electron chi connectivity index (χ4n) is 16.6. The van der Waals surface area contributed by atoms with E-state index in [0.717, 1.165) is 360 Å². The Labute approximate surface area is 897 Å². The molecule has 3 unspecified atom stereocenters. The third kappa shape index (κ3) is 109. The van der Waals surface area contributed by atoms with E-state index in [0.29, 0.717) is 71.7 Å². The normalized spacial score (nSPS) is 13.3. The van der Waals surface area contributed by atoms with Gasteiger partial charge in [0.1, 0.15) is 18.3 Å². The van der Waals surface area contributed by atoms with Crippen LogP contribution in [-0.2, 0) is 57.2 Å². The summed E-state index contributed by atoms with van der Waals surface area (Å²) < 4.78 is 35.6. The van der Waals surface area contributed by atoms with Crippen LogP contribution in [0.15, 0.2) is 219 Å². The summed E-state index contributed by atoms with van der Waals surface area (Å²) in [7, 11) is 4.18. The highest BCUT2D eigenvalue weighted by Crippen LogP contribution is 2.22. The predicted octanol–water partition coefficient (Wildman–Crippen LogP) is 36.2. The Morgan fingerprint density at radius 2 is 0.397 bits per heavy atom. The molecule has 0 aliphatic rings. The van der Waals surface area contributed by atoms with Crippen molar-refractivity contribution in [1.29, 1.82) is 0 Å². The van der Waals surface area contributed by atoms with Crippen molar-refractivity contribution in [2.45, 2.75) is 496 Å². The molecular formula is C131H219N3O12. The lowest BCUT2D eigenvalue weighted by Gasteiger charge is -2.26. The van der Waals surface area contributed by atoms with Crippen molar-refractivity contribution >= 4 is 35.8 Å². The van der Waals surface area contributed by atoms with Gasteiger partial charge in [-0.25, -0.2) is 0 Å². The molecule has 146 heavy (non-hydrogen) atoms. The lowest BCUT2D eigenvalue weighted by molar-refractivity contribution is -0.150. The van der Waals surface area contributed by atoms with Crippen LogP contribution in [0.2, 0.25) is 0 Å². The highest BCUT2D eigenvalue weighted by Gasteiger charge is 2.19. The van der Waals surface area contributed by atoms with Crippen molar-refractivity contribution in [2.24, 2.45) is 0 Å². The number of esters is 6. The molecule has 0 heterocycles. The lowest BCUT2D eigenvalue weighted by Crippen LogP contribution is -2.35. The number of carbonyl (C=O) groups is 6. The highest BCUT2D eigenvalue weighted by molar-refractivity contribution is 5.71. The third-order valence-corrected chi connectivity index (χ3v) is 25.5. The molecule has 0 bridgehead atoms. The van der Waals surface area contributed by atoms with E-state index in [1.165, 1.54) is 57.8 Å². The summed E-state index contributed by atoms with van der Waals surface area (Å²) in [4.78, 5) is 85.6. The second-order valence-electron chi connectivity index (χ2n) is 39.6. The number of hydrogen-bond donors (Lipinski definition) is 0. The van der Waals surface area contributed by atoms with Gasteiger partial charge >= 0.3 is 35.8 Å². The van der Waals surface area contributed by atoms with Crippen molar-refractivity contribution in [1.82, 2.24) is 14.7 Å². The first-order chi connectivity index (χ1) is 71.8. The van der Waals surface area contributed by atoms with Crippen molar-refractivity contribution in [2.75, 3.05) is 79.7 Å². The van der Waals surface area contributed by atoms with Crippen LogP contribution >= 0.6 is 0 Å². The maximum Gasteiger partial charge on any atom is 0.307 e. The molecule has 3 atom stereocenters. The number of carbonyl (C=O) groups excluding carboxylic acids is 6. The second-order valence-corrected chi connectivity index (χ2v) is 39.6. The van der Waals surface area contributed by atoms with Gasteiger partial charge < -0.3 is 43.1 Å². The van der Waals surface area contributed by atoms with Gasteiger partial charge in [-0.05, 0) is 284 Å². The minimum Gasteiger partial charge on any atom is -0.466 e. The molecule has 0 aliphatic carbocycles. The van der Waals surface area contributed by atoms with Crippen LogP contribution in [0.1, 0.15) is 478 Å². The topological polar surface area (TPSA) is 168 Å². The van der Waals surface area contributed by atoms with Crippen molar-refractivity contribution in [3.8, 4) is 0 Å². The smallest absolute Gasteiger partial charge is 0.307 e. The molecule has 0 aliphatic heterocycles. The van der Waals surface area contributed by atoms with Crippen molar-refractivity contribution < 1.29 is 57.2 Å². The average molecular weight is 2030 g/mol. The van der Waals surface area contributed by atoms with E-state index in [1.807, 2.05) is 0 Å². The van der Waals surface area contributed by atoms with E-state index >= 15 is 0 Å². The minimum atomic E-state index is -0.216. The van der Waals surface area contributed by atoms with Crippen LogP contribution in [0.3, 0.4) is 0 Å². The highest BCUT2D eigenvalue weighted by atomic mass is 16.6. The quantitative estimate of drug-likeness (QED) is 0.0244. The molecule has 830 valence electrons. The van der Waals surface area contributed by atoms with Gasteiger partial charge in [0.2, 0.25) is 0 Å². The van der Waals surface area contributed by atoms with E-state index < -0.39 is 0 Å². The zero-order valence-electron chi connectivity index (χ0n) is 94.9. The molecule has 15 nitrogen and oxygen atoms in total. The van der Waals surface area contributed by atoms with Gasteiger partial charge in [0.15, 0.2) is 0 Å². The average Bonchev–Trinajstić information content (AvgIpc) is 0.977. The largest absolute Gasteiger partial charge is 0.466 e. The van der Waals surface area contributed by atoms with E-state index in [-0.39, 0.29) is 67.0 Å². The monoisotopic (exact) mass is 2030 g/mol. The number of nitrogens with zero attached hydrogens (tertiary/aromatic N) is 3. The second kappa shape index (κ2) is 116. The maximum atomic E-state index is 13.4. The zero-order chi connectivity index (χ0) is 106. The minimum absolute atomic E-state index is 0.0605. The maximum absolute atomic E-state index is 13.4. The SMILES string of the molecule is CC/C=C\C/C=C\C/C=C\C/C=C\C/C=C\CCCC(=O)OC(C/C=C\CCCCCCCCOC(=O)CCN(CCCN(C)C)CCCN(CCC(=O)OCCCCCCCC/C=C\CC(CCCCCC)OC(=O)CCC/C=C\C/C=C\C/C=C\C/C=C\C/C=C\CC)CCC(=O)OCCCCCCCC/C=C\CC(CCCCCC)OC(=O)CCC/C=C\C/C=C\C/C=C\C/C=C\C/C=C\CC)CCCCCC. The van der Waals surface area contributed by atoms with Crippen LogP contribution in [0, 0.1) is 0 Å². The summed E-state index contributed by atoms with van der Waals surface area (Å²) in [5, 5.41) is 0. The van der Waals surface area contributed by atoms with E-state index in [4.69, 9.17) is 28.4 Å². The zero-order valence-corrected chi connectivity index (χ0v) is 94.9. The Bertz CT molecular complexity index is 3410. The molecule has 0 fully saturated rings. The summed E-state index contributed by atoms with van der Waals surface area (Å²) in [5.74, 6) is -0.840. The van der Waals surface area contributed by atoms with Gasteiger partial charge in [-0.3, -0.25) is 28.8 Å². The number of rotatable bonds is 107. The standard InChI is InChI=1S/C131H219N3O12/c1-9-15-21-27-30-33-36-39-42-45-48-51-54-63-72-81-93-107-129(138)144-123(101-87-24-18-12-4)104-90-78-69-60-57-66-75-84-96-120-141-126(135)110-117-133(114-99-113-132(7)8)115-100-116-134(118-111-127(136)142-121-97-85-76-67-58-61-70-79-91-105-124(102-88-25-19-13-5)145-130(139)108-94-82-73-64-55-52-49-46-43-40-37-34-31-28-22-16-10-2)119-112-128(137)143-122-98-86-77-68-59-62-71-80-92-106-125(103-89-26-20-14-6)146-131(140)109-95-83-74-65-56-53-50-47-44-41-38-35-32-29-23-17-11-3/h15-17,21-23,30-35,39-44,48-53,63-65,72-74,78-80,90-92,123-125H,9-14,18-20,24-29,36-38,45-47,54-62,66-71,75-77,81-89,93-122H2,1-8H3/b21-15-,22-16-,23-17-,33-30-,34-31-,35-32-,42-39-,43-40-,44-41-,51-48-,52-49-,53-50-,72-63-,73-64-,74-65-,90-78-,91-79-,92-80-. The summed E-state index contributed by atoms with van der Waals surface area (Å²) >= 11 is 0. The number of ether oxygens (including phenoxy) is 6. The fourth-order valence-corrected chi connectivity index (χ4v) is 16.6. The summed E-state index contributed by atoms with van der Waals surface area (Å²) in [6.07, 6.45) is 144. The first-order valence-electron chi connectivity index (χ1n) is 59.6. The third-order valence-electron chi connectivity index (χ3n) is 25.5. The molecule has 0 saturated heterocycles. The Hall–Kier alpha value is -7.98. The predicted molar refractivity (Wildman–Crippen MR) is 626 cm³/mol. The van der Waals surface area contributed by atoms with Crippen LogP contribution in [0.25, 0.3) is 0 Å². The summed E-state index contributed by atoms with van der Waals surface area (Å²) in [5.41, 5.74) is 0. The van der Waals surface area contributed by atoms with Crippen LogP contribution in [0.5, 0.6) is 0 Å². The molecule has 0 amide bonds. The first-order valence-corrected chi connectivity index (χ1v) is 59.6. The molecule has 0 aromatic rings. The van der Waals surface area contributed by atoms with E-state index in [2.05, 4.69) is 289 Å². The van der Waals surface area contributed by atoms with E-state index in [9.17, 15) is 28.8 Å². The Morgan fingerprint density at radius 3 is 0.644 bits per heavy atom. The van der Waals surface area contributed by atoms with Crippen LogP contribution in [0.4, 0.5) is 0 Å². The number of allylic oxidation sites excluding steroid dienone is 33. The van der Waals surface area contributed by atoms with Gasteiger partial charge in [-0.1, -0.05) is 395 Å². The molecule has 0 N–H and O–H groups in total. The van der Waals surface area contributed by atoms with Gasteiger partial charge in [0.25, 0.3) is 0 Å². The summed E-state index contributed by atoms with van der Waals surface area (Å²) in [6.45, 7) is 19.2. The van der Waals surface area contributed by atoms with E-state index in [1.54, 1.807) is 0 Å². The Morgan fingerprint density at radius 1 is 0.192 bits per heavy atom. The summed E-state index contributed by atoms with van der Waals surface area (Å²) in [6, 6.07) is 0. The molecule has 0 aromatic heterocycles. The Balaban J connectivity index is 5.43. The molecule has 15 heteroatoms. The van der Waals surface area contributed by atoms with Gasteiger partial charge in [-0.2, -0.15) is 0 Å². The molecule has 0 aromatic carbocycles. The van der Waals surface area contributed by atoms with Gasteiger partial charge in [0.05, 0.1) is 39.1 Å². The van der Waals surface area contributed by atoms with Crippen LogP contribution < -0.4 is 0 Å². The van der Waals surface area contributed by atoms with Gasteiger partial charge in [0, 0.05) is 58.2 Å². The number of hydrogen-bond acceptors (Lipinski definition) is 15. The lowest BCUT2D eigenvalue weighted by atomic mass is 10.1. The Kier molecular flexibility index (Phi) is 109. The van der Waals surface area contributed by atoms with Crippen molar-refractivity contribution in [3.63, 3.8) is 0 Å². The molecule has 0 radical (unpaired) electrons. The molecule has 0 spiro atoms. The molecular weight excluding hydrogens is 1810 g/mol. The fraction of sp³-hybridized carbons (Fsp3) is 0.679.